The average Bonchev–Trinajstić information content (AvgIpc) is 2.84. The normalized spacial score (nSPS) is 15.4. The molecule has 0 saturated carbocycles. The fourth-order valence-electron chi connectivity index (χ4n) is 2.82. The van der Waals surface area contributed by atoms with Gasteiger partial charge in [-0.1, -0.05) is 36.4 Å². The molecular formula is C19H24N2O. The quantitative estimate of drug-likeness (QED) is 0.936. The summed E-state index contributed by atoms with van der Waals surface area (Å²) in [5, 5.41) is 3.46. The Morgan fingerprint density at radius 2 is 1.91 bits per heavy atom. The first-order chi connectivity index (χ1) is 10.8. The summed E-state index contributed by atoms with van der Waals surface area (Å²) in [6.07, 6.45) is 1.17. The van der Waals surface area contributed by atoms with E-state index in [9.17, 15) is 0 Å². The Labute approximate surface area is 132 Å². The molecule has 1 aliphatic rings. The fourth-order valence-corrected chi connectivity index (χ4v) is 2.82. The van der Waals surface area contributed by atoms with Crippen LogP contribution >= 0.6 is 0 Å². The fraction of sp³-hybridized carbons (Fsp3) is 0.368. The molecule has 0 unspecified atom stereocenters. The molecule has 0 aromatic heterocycles. The molecule has 3 nitrogen and oxygen atoms in total. The van der Waals surface area contributed by atoms with Gasteiger partial charge in [-0.25, -0.2) is 0 Å². The van der Waals surface area contributed by atoms with Gasteiger partial charge in [0.2, 0.25) is 0 Å². The minimum absolute atomic E-state index is 0.614. The molecular weight excluding hydrogens is 272 g/mol. The number of anilines is 1. The van der Waals surface area contributed by atoms with Gasteiger partial charge in [-0.3, -0.25) is 0 Å². The van der Waals surface area contributed by atoms with E-state index in [-0.39, 0.29) is 0 Å². The third kappa shape index (κ3) is 3.80. The Bertz CT molecular complexity index is 590. The van der Waals surface area contributed by atoms with E-state index in [0.717, 1.165) is 31.9 Å². The zero-order valence-electron chi connectivity index (χ0n) is 13.2. The number of aryl methyl sites for hydroxylation is 1. The van der Waals surface area contributed by atoms with Crippen LogP contribution in [-0.2, 0) is 6.61 Å². The number of rotatable bonds is 4. The molecule has 2 aromatic rings. The summed E-state index contributed by atoms with van der Waals surface area (Å²) in [7, 11) is 0. The highest BCUT2D eigenvalue weighted by Gasteiger charge is 2.14. The number of benzene rings is 2. The Morgan fingerprint density at radius 1 is 1.05 bits per heavy atom. The Balaban J connectivity index is 1.77. The summed E-state index contributed by atoms with van der Waals surface area (Å²) < 4.78 is 6.11. The van der Waals surface area contributed by atoms with E-state index >= 15 is 0 Å². The van der Waals surface area contributed by atoms with Crippen LogP contribution in [0.2, 0.25) is 0 Å². The van der Waals surface area contributed by atoms with Crippen LogP contribution in [0.4, 0.5) is 5.69 Å². The smallest absolute Gasteiger partial charge is 0.143 e. The zero-order valence-corrected chi connectivity index (χ0v) is 13.2. The standard InChI is InChI=1S/C19H24N2O/c1-16-8-9-19(22-15-17-6-3-2-4-7-17)18(14-16)21-12-5-10-20-11-13-21/h2-4,6-9,14,20H,5,10-13,15H2,1H3. The van der Waals surface area contributed by atoms with E-state index in [0.29, 0.717) is 6.61 Å². The van der Waals surface area contributed by atoms with Crippen molar-refractivity contribution in [2.45, 2.75) is 20.0 Å². The summed E-state index contributed by atoms with van der Waals surface area (Å²) >= 11 is 0. The Hall–Kier alpha value is -2.00. The van der Waals surface area contributed by atoms with Gasteiger partial charge in [0.1, 0.15) is 12.4 Å². The maximum absolute atomic E-state index is 6.11. The molecule has 1 saturated heterocycles. The van der Waals surface area contributed by atoms with E-state index in [1.807, 2.05) is 6.07 Å². The molecule has 22 heavy (non-hydrogen) atoms. The third-order valence-corrected chi connectivity index (χ3v) is 4.03. The van der Waals surface area contributed by atoms with Gasteiger partial charge in [-0.05, 0) is 43.1 Å². The summed E-state index contributed by atoms with van der Waals surface area (Å²) in [6, 6.07) is 16.8. The van der Waals surface area contributed by atoms with E-state index in [1.165, 1.54) is 23.2 Å². The SMILES string of the molecule is Cc1ccc(OCc2ccccc2)c(N2CCCNCC2)c1. The number of hydrogen-bond donors (Lipinski definition) is 1. The maximum Gasteiger partial charge on any atom is 0.143 e. The van der Waals surface area contributed by atoms with Gasteiger partial charge < -0.3 is 15.0 Å². The first kappa shape index (κ1) is 14.9. The van der Waals surface area contributed by atoms with E-state index in [4.69, 9.17) is 4.74 Å². The van der Waals surface area contributed by atoms with Crippen molar-refractivity contribution in [2.24, 2.45) is 0 Å². The predicted molar refractivity (Wildman–Crippen MR) is 91.7 cm³/mol. The van der Waals surface area contributed by atoms with Crippen LogP contribution in [0.25, 0.3) is 0 Å². The van der Waals surface area contributed by atoms with Gasteiger partial charge in [-0.15, -0.1) is 0 Å². The molecule has 0 amide bonds. The van der Waals surface area contributed by atoms with Crippen LogP contribution in [0.1, 0.15) is 17.5 Å². The van der Waals surface area contributed by atoms with Crippen molar-refractivity contribution in [1.82, 2.24) is 5.32 Å². The second-order valence-corrected chi connectivity index (χ2v) is 5.84. The minimum atomic E-state index is 0.614. The molecule has 1 N–H and O–H groups in total. The summed E-state index contributed by atoms with van der Waals surface area (Å²) in [5.41, 5.74) is 3.70. The van der Waals surface area contributed by atoms with Gasteiger partial charge in [0.05, 0.1) is 5.69 Å². The van der Waals surface area contributed by atoms with Gasteiger partial charge in [0.25, 0.3) is 0 Å². The number of hydrogen-bond acceptors (Lipinski definition) is 3. The number of ether oxygens (including phenoxy) is 1. The van der Waals surface area contributed by atoms with E-state index < -0.39 is 0 Å². The Morgan fingerprint density at radius 3 is 2.77 bits per heavy atom. The molecule has 3 rings (SSSR count). The van der Waals surface area contributed by atoms with Crippen LogP contribution in [-0.4, -0.2) is 26.2 Å². The molecule has 0 atom stereocenters. The van der Waals surface area contributed by atoms with Crippen LogP contribution in [0.5, 0.6) is 5.75 Å². The minimum Gasteiger partial charge on any atom is -0.487 e. The third-order valence-electron chi connectivity index (χ3n) is 4.03. The number of nitrogens with one attached hydrogen (secondary N) is 1. The second-order valence-electron chi connectivity index (χ2n) is 5.84. The lowest BCUT2D eigenvalue weighted by Gasteiger charge is -2.25. The lowest BCUT2D eigenvalue weighted by Crippen LogP contribution is -2.28. The molecule has 0 aliphatic carbocycles. The van der Waals surface area contributed by atoms with Crippen molar-refractivity contribution in [3.63, 3.8) is 0 Å². The molecule has 1 fully saturated rings. The number of nitrogens with zero attached hydrogens (tertiary/aromatic N) is 1. The summed E-state index contributed by atoms with van der Waals surface area (Å²) in [4.78, 5) is 2.44. The van der Waals surface area contributed by atoms with Gasteiger partial charge >= 0.3 is 0 Å². The van der Waals surface area contributed by atoms with Gasteiger partial charge in [0.15, 0.2) is 0 Å². The molecule has 3 heteroatoms. The predicted octanol–water partition coefficient (Wildman–Crippen LogP) is 3.37. The first-order valence-corrected chi connectivity index (χ1v) is 8.06. The van der Waals surface area contributed by atoms with Crippen molar-refractivity contribution in [1.29, 1.82) is 0 Å². The summed E-state index contributed by atoms with van der Waals surface area (Å²) in [6.45, 7) is 7.00. The van der Waals surface area contributed by atoms with Crippen molar-refractivity contribution >= 4 is 5.69 Å². The van der Waals surface area contributed by atoms with Crippen molar-refractivity contribution in [3.8, 4) is 5.75 Å². The Kier molecular flexibility index (Phi) is 4.96. The van der Waals surface area contributed by atoms with Gasteiger partial charge in [-0.2, -0.15) is 0 Å². The average molecular weight is 296 g/mol. The van der Waals surface area contributed by atoms with Crippen LogP contribution in [0.3, 0.4) is 0 Å². The summed E-state index contributed by atoms with van der Waals surface area (Å²) in [5.74, 6) is 0.983. The van der Waals surface area contributed by atoms with Crippen molar-refractivity contribution in [2.75, 3.05) is 31.1 Å². The van der Waals surface area contributed by atoms with Gasteiger partial charge in [0, 0.05) is 19.6 Å². The van der Waals surface area contributed by atoms with Crippen molar-refractivity contribution in [3.05, 3.63) is 59.7 Å². The molecule has 0 spiro atoms. The second kappa shape index (κ2) is 7.32. The lowest BCUT2D eigenvalue weighted by atomic mass is 10.1. The van der Waals surface area contributed by atoms with Crippen molar-refractivity contribution < 1.29 is 4.74 Å². The molecule has 1 heterocycles. The first-order valence-electron chi connectivity index (χ1n) is 8.06. The van der Waals surface area contributed by atoms with E-state index in [2.05, 4.69) is 59.6 Å². The molecule has 1 aliphatic heterocycles. The molecule has 2 aromatic carbocycles. The highest BCUT2D eigenvalue weighted by molar-refractivity contribution is 5.60. The lowest BCUT2D eigenvalue weighted by molar-refractivity contribution is 0.306. The topological polar surface area (TPSA) is 24.5 Å². The van der Waals surface area contributed by atoms with E-state index in [1.54, 1.807) is 0 Å². The monoisotopic (exact) mass is 296 g/mol. The molecule has 0 bridgehead atoms. The molecule has 116 valence electrons. The molecule has 0 radical (unpaired) electrons. The highest BCUT2D eigenvalue weighted by atomic mass is 16.5. The van der Waals surface area contributed by atoms with Crippen LogP contribution < -0.4 is 15.0 Å². The maximum atomic E-state index is 6.11. The zero-order chi connectivity index (χ0) is 15.2. The van der Waals surface area contributed by atoms with Crippen LogP contribution in [0.15, 0.2) is 48.5 Å². The largest absolute Gasteiger partial charge is 0.487 e. The highest BCUT2D eigenvalue weighted by Crippen LogP contribution is 2.30. The van der Waals surface area contributed by atoms with Crippen LogP contribution in [0, 0.1) is 6.92 Å².